The molecule has 10 heteroatoms. The van der Waals surface area contributed by atoms with E-state index in [4.69, 9.17) is 14.7 Å². The van der Waals surface area contributed by atoms with E-state index >= 15 is 0 Å². The van der Waals surface area contributed by atoms with Crippen molar-refractivity contribution in [3.63, 3.8) is 0 Å². The number of phenols is 1. The first-order valence-corrected chi connectivity index (χ1v) is 15.1. The third kappa shape index (κ3) is 3.99. The van der Waals surface area contributed by atoms with Crippen molar-refractivity contribution in [2.45, 2.75) is 55.9 Å². The van der Waals surface area contributed by atoms with Crippen molar-refractivity contribution in [2.24, 2.45) is 7.05 Å². The first kappa shape index (κ1) is 25.9. The smallest absolute Gasteiger partial charge is 0.319 e. The van der Waals surface area contributed by atoms with Gasteiger partial charge in [-0.25, -0.2) is 4.39 Å². The second kappa shape index (κ2) is 9.64. The zero-order chi connectivity index (χ0) is 28.6. The van der Waals surface area contributed by atoms with E-state index in [1.807, 2.05) is 30.3 Å². The number of nitrogens with one attached hydrogen (secondary N) is 1. The number of ether oxygens (including phenoxy) is 1. The number of phenolic OH excluding ortho intramolecular Hbond substituents is 1. The number of halogens is 1. The summed E-state index contributed by atoms with van der Waals surface area (Å²) in [6.45, 7) is 3.33. The minimum Gasteiger partial charge on any atom is -0.508 e. The molecule has 2 unspecified atom stereocenters. The first-order chi connectivity index (χ1) is 20.4. The molecule has 0 radical (unpaired) electrons. The van der Waals surface area contributed by atoms with Gasteiger partial charge in [-0.1, -0.05) is 24.3 Å². The number of benzene rings is 2. The van der Waals surface area contributed by atoms with E-state index < -0.39 is 6.17 Å². The lowest BCUT2D eigenvalue weighted by molar-refractivity contribution is 0.107. The Morgan fingerprint density at radius 3 is 2.79 bits per heavy atom. The van der Waals surface area contributed by atoms with Gasteiger partial charge >= 0.3 is 6.01 Å². The van der Waals surface area contributed by atoms with Crippen LogP contribution in [0.2, 0.25) is 0 Å². The van der Waals surface area contributed by atoms with Crippen molar-refractivity contribution in [3.05, 3.63) is 52.8 Å². The molecule has 218 valence electrons. The maximum atomic E-state index is 14.5. The molecule has 6 heterocycles. The van der Waals surface area contributed by atoms with E-state index in [1.54, 1.807) is 23.7 Å². The Morgan fingerprint density at radius 1 is 1.14 bits per heavy atom. The van der Waals surface area contributed by atoms with Gasteiger partial charge in [-0.15, -0.1) is 0 Å². The molecule has 4 fully saturated rings. The topological polar surface area (TPSA) is 95.8 Å². The van der Waals surface area contributed by atoms with Gasteiger partial charge in [-0.3, -0.25) is 9.69 Å². The summed E-state index contributed by atoms with van der Waals surface area (Å²) in [5, 5.41) is 16.4. The van der Waals surface area contributed by atoms with Crippen LogP contribution in [0.4, 0.5) is 10.2 Å². The predicted octanol–water partition coefficient (Wildman–Crippen LogP) is 3.75. The molecule has 4 aromatic rings. The minimum absolute atomic E-state index is 0.129. The summed E-state index contributed by atoms with van der Waals surface area (Å²) in [6.07, 6.45) is 3.60. The van der Waals surface area contributed by atoms with Crippen molar-refractivity contribution < 1.29 is 14.2 Å². The fraction of sp³-hybridized carbons (Fsp3) is 0.469. The number of hydrogen-bond acceptors (Lipinski definition) is 8. The summed E-state index contributed by atoms with van der Waals surface area (Å²) in [6, 6.07) is 13.8. The predicted molar refractivity (Wildman–Crippen MR) is 160 cm³/mol. The van der Waals surface area contributed by atoms with Gasteiger partial charge in [-0.05, 0) is 61.2 Å². The molecule has 9 nitrogen and oxygen atoms in total. The lowest BCUT2D eigenvalue weighted by atomic mass is 9.95. The Kier molecular flexibility index (Phi) is 5.95. The molecule has 2 bridgehead atoms. The fourth-order valence-corrected chi connectivity index (χ4v) is 8.05. The molecular weight excluding hydrogens is 535 g/mol. The Balaban J connectivity index is 1.29. The second-order valence-electron chi connectivity index (χ2n) is 12.5. The number of anilines is 1. The third-order valence-corrected chi connectivity index (χ3v) is 10.0. The number of piperazine rings is 1. The molecule has 42 heavy (non-hydrogen) atoms. The van der Waals surface area contributed by atoms with Gasteiger partial charge in [0.15, 0.2) is 0 Å². The van der Waals surface area contributed by atoms with E-state index in [2.05, 4.69) is 15.1 Å². The average Bonchev–Trinajstić information content (AvgIpc) is 3.59. The molecule has 0 spiro atoms. The van der Waals surface area contributed by atoms with E-state index in [9.17, 15) is 14.3 Å². The highest BCUT2D eigenvalue weighted by Crippen LogP contribution is 2.41. The van der Waals surface area contributed by atoms with Gasteiger partial charge in [-0.2, -0.15) is 9.97 Å². The van der Waals surface area contributed by atoms with E-state index in [1.165, 1.54) is 0 Å². The van der Waals surface area contributed by atoms with E-state index in [0.717, 1.165) is 61.7 Å². The van der Waals surface area contributed by atoms with Gasteiger partial charge in [0.25, 0.3) is 5.56 Å². The molecular formula is C32H35FN6O3. The summed E-state index contributed by atoms with van der Waals surface area (Å²) in [4.78, 5) is 28.5. The Hall–Kier alpha value is -3.76. The number of aromatic hydroxyl groups is 1. The van der Waals surface area contributed by atoms with Crippen LogP contribution < -0.4 is 20.5 Å². The molecule has 4 aliphatic rings. The summed E-state index contributed by atoms with van der Waals surface area (Å²) in [5.41, 5.74) is 1.39. The summed E-state index contributed by atoms with van der Waals surface area (Å²) >= 11 is 0. The van der Waals surface area contributed by atoms with Crippen LogP contribution in [-0.4, -0.2) is 81.1 Å². The van der Waals surface area contributed by atoms with Crippen LogP contribution in [0.15, 0.2) is 47.3 Å². The zero-order valence-electron chi connectivity index (χ0n) is 23.7. The van der Waals surface area contributed by atoms with Crippen LogP contribution in [0.5, 0.6) is 11.8 Å². The maximum absolute atomic E-state index is 14.5. The molecule has 4 atom stereocenters. The van der Waals surface area contributed by atoms with Gasteiger partial charge in [0.05, 0.1) is 16.7 Å². The molecule has 4 saturated heterocycles. The second-order valence-corrected chi connectivity index (χ2v) is 12.5. The van der Waals surface area contributed by atoms with Crippen molar-refractivity contribution >= 4 is 27.5 Å². The van der Waals surface area contributed by atoms with Crippen molar-refractivity contribution in [1.82, 2.24) is 24.8 Å². The Bertz CT molecular complexity index is 1760. The number of aromatic nitrogens is 3. The van der Waals surface area contributed by atoms with E-state index in [-0.39, 0.29) is 34.9 Å². The SMILES string of the molecule is Cn1c(-c2cc(O)cc3ccccc23)cc2nc(OC[C@@]34CCCN3C[C@H](F)C4)nc(N3C4CCC3CNC4)c2c1=O. The standard InChI is InChI=1S/C32H35FN6O3/c1-37-27(25-12-23(40)11-19-5-2-3-6-24(19)25)13-26-28(30(37)41)29(39-21-7-8-22(39)16-34-15-21)36-31(35-26)42-18-32-9-4-10-38(32)17-20(33)14-32/h2-3,5-6,11-13,20-22,34,40H,4,7-10,14-18H2,1H3/t20-,21?,22?,32+/m1/s1. The fourth-order valence-electron chi connectivity index (χ4n) is 8.05. The van der Waals surface area contributed by atoms with Crippen LogP contribution in [-0.2, 0) is 7.05 Å². The van der Waals surface area contributed by atoms with Gasteiger partial charge < -0.3 is 24.6 Å². The largest absolute Gasteiger partial charge is 0.508 e. The highest BCUT2D eigenvalue weighted by molar-refractivity contribution is 5.99. The molecule has 4 aliphatic heterocycles. The summed E-state index contributed by atoms with van der Waals surface area (Å²) < 4.78 is 22.4. The number of pyridine rings is 1. The van der Waals surface area contributed by atoms with Crippen LogP contribution >= 0.6 is 0 Å². The zero-order valence-corrected chi connectivity index (χ0v) is 23.7. The number of fused-ring (bicyclic) bond motifs is 5. The molecule has 8 rings (SSSR count). The average molecular weight is 571 g/mol. The Morgan fingerprint density at radius 2 is 1.95 bits per heavy atom. The minimum atomic E-state index is -0.846. The lowest BCUT2D eigenvalue weighted by Gasteiger charge is -2.37. The molecule has 0 amide bonds. The molecule has 0 saturated carbocycles. The Labute approximate surface area is 242 Å². The van der Waals surface area contributed by atoms with Crippen LogP contribution in [0, 0.1) is 0 Å². The van der Waals surface area contributed by atoms with Crippen molar-refractivity contribution in [2.75, 3.05) is 37.7 Å². The first-order valence-electron chi connectivity index (χ1n) is 15.1. The normalized spacial score (nSPS) is 27.3. The highest BCUT2D eigenvalue weighted by Gasteiger charge is 2.49. The third-order valence-electron chi connectivity index (χ3n) is 10.0. The maximum Gasteiger partial charge on any atom is 0.319 e. The van der Waals surface area contributed by atoms with Crippen molar-refractivity contribution in [3.8, 4) is 23.0 Å². The van der Waals surface area contributed by atoms with Crippen LogP contribution in [0.1, 0.15) is 32.1 Å². The monoisotopic (exact) mass is 570 g/mol. The van der Waals surface area contributed by atoms with Gasteiger partial charge in [0, 0.05) is 50.7 Å². The van der Waals surface area contributed by atoms with Crippen molar-refractivity contribution in [1.29, 1.82) is 0 Å². The highest BCUT2D eigenvalue weighted by atomic mass is 19.1. The number of alkyl halides is 1. The molecule has 2 aromatic heterocycles. The van der Waals surface area contributed by atoms with E-state index in [0.29, 0.717) is 42.0 Å². The van der Waals surface area contributed by atoms with Crippen LogP contribution in [0.3, 0.4) is 0 Å². The summed E-state index contributed by atoms with van der Waals surface area (Å²) in [7, 11) is 1.76. The van der Waals surface area contributed by atoms with Gasteiger partial charge in [0.1, 0.15) is 29.7 Å². The van der Waals surface area contributed by atoms with Crippen LogP contribution in [0.25, 0.3) is 32.9 Å². The molecule has 0 aliphatic carbocycles. The number of hydrogen-bond donors (Lipinski definition) is 2. The number of nitrogens with zero attached hydrogens (tertiary/aromatic N) is 5. The quantitative estimate of drug-likeness (QED) is 0.375. The number of rotatable bonds is 5. The van der Waals surface area contributed by atoms with Gasteiger partial charge in [0.2, 0.25) is 0 Å². The molecule has 2 aromatic carbocycles. The molecule has 2 N–H and O–H groups in total. The lowest BCUT2D eigenvalue weighted by Crippen LogP contribution is -2.52. The summed E-state index contributed by atoms with van der Waals surface area (Å²) in [5.74, 6) is 0.747.